The molecule has 4 nitrogen and oxygen atoms in total. The normalized spacial score (nSPS) is 12.9. The van der Waals surface area contributed by atoms with Crippen LogP contribution in [0.15, 0.2) is 0 Å². The van der Waals surface area contributed by atoms with E-state index in [2.05, 4.69) is 0 Å². The summed E-state index contributed by atoms with van der Waals surface area (Å²) < 4.78 is 0. The number of rotatable bonds is 6. The number of hydrogen-bond acceptors (Lipinski definition) is 3. The third kappa shape index (κ3) is 4.75. The van der Waals surface area contributed by atoms with Crippen molar-refractivity contribution < 1.29 is 20.1 Å². The van der Waals surface area contributed by atoms with Crippen molar-refractivity contribution >= 4 is 5.97 Å². The molecule has 0 amide bonds. The summed E-state index contributed by atoms with van der Waals surface area (Å²) in [6.07, 6.45) is 1.19. The first kappa shape index (κ1) is 10.4. The summed E-state index contributed by atoms with van der Waals surface area (Å²) in [5.74, 6) is -1.40. The van der Waals surface area contributed by atoms with Crippen LogP contribution in [0, 0.1) is 5.92 Å². The van der Waals surface area contributed by atoms with Crippen molar-refractivity contribution in [2.24, 2.45) is 5.92 Å². The van der Waals surface area contributed by atoms with E-state index in [-0.39, 0.29) is 19.6 Å². The van der Waals surface area contributed by atoms with E-state index in [1.165, 1.54) is 0 Å². The van der Waals surface area contributed by atoms with Gasteiger partial charge in [0, 0.05) is 13.2 Å². The highest BCUT2D eigenvalue weighted by atomic mass is 16.4. The summed E-state index contributed by atoms with van der Waals surface area (Å²) in [5, 5.41) is 25.4. The van der Waals surface area contributed by atoms with Crippen molar-refractivity contribution in [3.8, 4) is 0 Å². The Bertz CT molecular complexity index is 113. The van der Waals surface area contributed by atoms with E-state index < -0.39 is 11.9 Å². The van der Waals surface area contributed by atoms with Crippen LogP contribution in [0.2, 0.25) is 0 Å². The van der Waals surface area contributed by atoms with Crippen molar-refractivity contribution in [1.29, 1.82) is 0 Å². The molecular weight excluding hydrogens is 148 g/mol. The van der Waals surface area contributed by atoms with Crippen LogP contribution in [0.5, 0.6) is 0 Å². The minimum atomic E-state index is -0.896. The lowest BCUT2D eigenvalue weighted by Gasteiger charge is -2.08. The molecule has 0 aliphatic carbocycles. The van der Waals surface area contributed by atoms with Gasteiger partial charge in [0.1, 0.15) is 0 Å². The quantitative estimate of drug-likeness (QED) is 0.507. The minimum Gasteiger partial charge on any atom is -0.481 e. The van der Waals surface area contributed by atoms with E-state index in [1.54, 1.807) is 0 Å². The summed E-state index contributed by atoms with van der Waals surface area (Å²) in [6.45, 7) is -0.0996. The molecule has 0 heterocycles. The lowest BCUT2D eigenvalue weighted by molar-refractivity contribution is -0.142. The number of carbonyl (C=O) groups is 1. The summed E-state index contributed by atoms with van der Waals surface area (Å²) in [6, 6.07) is 0. The molecule has 66 valence electrons. The summed E-state index contributed by atoms with van der Waals surface area (Å²) in [5.41, 5.74) is 0. The van der Waals surface area contributed by atoms with Gasteiger partial charge in [0.2, 0.25) is 0 Å². The van der Waals surface area contributed by atoms with Crippen LogP contribution in [0.25, 0.3) is 0 Å². The van der Waals surface area contributed by atoms with E-state index in [0.29, 0.717) is 12.8 Å². The molecule has 0 radical (unpaired) electrons. The van der Waals surface area contributed by atoms with Gasteiger partial charge in [-0.05, 0) is 19.3 Å². The Hall–Kier alpha value is -0.610. The fraction of sp³-hybridized carbons (Fsp3) is 0.857. The van der Waals surface area contributed by atoms with Gasteiger partial charge in [-0.1, -0.05) is 0 Å². The molecule has 0 fully saturated rings. The van der Waals surface area contributed by atoms with Gasteiger partial charge in [0.15, 0.2) is 0 Å². The Labute approximate surface area is 65.5 Å². The maximum atomic E-state index is 10.4. The molecule has 0 aromatic heterocycles. The highest BCUT2D eigenvalue weighted by Gasteiger charge is 2.15. The molecule has 1 atom stereocenters. The summed E-state index contributed by atoms with van der Waals surface area (Å²) in [7, 11) is 0. The van der Waals surface area contributed by atoms with Crippen LogP contribution in [0.1, 0.15) is 19.3 Å². The van der Waals surface area contributed by atoms with Crippen LogP contribution >= 0.6 is 0 Å². The molecule has 0 aliphatic rings. The van der Waals surface area contributed by atoms with Gasteiger partial charge in [-0.3, -0.25) is 4.79 Å². The lowest BCUT2D eigenvalue weighted by Crippen LogP contribution is -2.15. The number of aliphatic hydroxyl groups is 2. The van der Waals surface area contributed by atoms with E-state index >= 15 is 0 Å². The van der Waals surface area contributed by atoms with Gasteiger partial charge >= 0.3 is 5.97 Å². The van der Waals surface area contributed by atoms with E-state index in [1.807, 2.05) is 0 Å². The molecule has 0 spiro atoms. The monoisotopic (exact) mass is 162 g/mol. The molecule has 0 aromatic rings. The fourth-order valence-corrected chi connectivity index (χ4v) is 0.885. The van der Waals surface area contributed by atoms with Gasteiger partial charge in [0.05, 0.1) is 5.92 Å². The Morgan fingerprint density at radius 2 is 1.82 bits per heavy atom. The molecule has 0 bridgehead atoms. The Morgan fingerprint density at radius 1 is 1.18 bits per heavy atom. The molecule has 0 aromatic carbocycles. The predicted molar refractivity (Wildman–Crippen MR) is 39.1 cm³/mol. The third-order valence-electron chi connectivity index (χ3n) is 1.54. The Morgan fingerprint density at radius 3 is 2.18 bits per heavy atom. The molecule has 1 unspecified atom stereocenters. The minimum absolute atomic E-state index is 0.00914. The second-order valence-corrected chi connectivity index (χ2v) is 2.41. The second kappa shape index (κ2) is 6.12. The molecule has 0 saturated heterocycles. The van der Waals surface area contributed by atoms with Gasteiger partial charge in [0.25, 0.3) is 0 Å². The van der Waals surface area contributed by atoms with Gasteiger partial charge in [-0.25, -0.2) is 0 Å². The molecule has 0 rings (SSSR count). The first-order chi connectivity index (χ1) is 5.22. The highest BCUT2D eigenvalue weighted by molar-refractivity contribution is 5.69. The van der Waals surface area contributed by atoms with Crippen molar-refractivity contribution in [1.82, 2.24) is 0 Å². The van der Waals surface area contributed by atoms with Crippen LogP contribution in [0.3, 0.4) is 0 Å². The van der Waals surface area contributed by atoms with Crippen LogP contribution < -0.4 is 0 Å². The van der Waals surface area contributed by atoms with Crippen molar-refractivity contribution in [3.05, 3.63) is 0 Å². The number of hydrogen-bond donors (Lipinski definition) is 3. The average Bonchev–Trinajstić information content (AvgIpc) is 1.97. The van der Waals surface area contributed by atoms with Crippen LogP contribution in [-0.2, 0) is 4.79 Å². The van der Waals surface area contributed by atoms with E-state index in [9.17, 15) is 4.79 Å². The maximum absolute atomic E-state index is 10.4. The standard InChI is InChI=1S/C7H14O4/c8-4-1-2-6(3-5-9)7(10)11/h6,8-9H,1-5H2,(H,10,11). The van der Waals surface area contributed by atoms with Gasteiger partial charge in [-0.15, -0.1) is 0 Å². The zero-order valence-electron chi connectivity index (χ0n) is 6.36. The third-order valence-corrected chi connectivity index (χ3v) is 1.54. The van der Waals surface area contributed by atoms with Crippen molar-refractivity contribution in [2.75, 3.05) is 13.2 Å². The van der Waals surface area contributed by atoms with Crippen molar-refractivity contribution in [2.45, 2.75) is 19.3 Å². The number of aliphatic hydroxyl groups excluding tert-OH is 2. The van der Waals surface area contributed by atoms with Gasteiger partial charge in [-0.2, -0.15) is 0 Å². The maximum Gasteiger partial charge on any atom is 0.306 e. The first-order valence-electron chi connectivity index (χ1n) is 3.67. The zero-order valence-corrected chi connectivity index (χ0v) is 6.36. The van der Waals surface area contributed by atoms with Crippen molar-refractivity contribution in [3.63, 3.8) is 0 Å². The van der Waals surface area contributed by atoms with E-state index in [0.717, 1.165) is 0 Å². The SMILES string of the molecule is O=C(O)C(CCO)CCCO. The topological polar surface area (TPSA) is 77.8 Å². The second-order valence-electron chi connectivity index (χ2n) is 2.41. The molecule has 4 heteroatoms. The smallest absolute Gasteiger partial charge is 0.306 e. The number of aliphatic carboxylic acids is 1. The Balaban J connectivity index is 3.60. The highest BCUT2D eigenvalue weighted by Crippen LogP contribution is 2.10. The summed E-state index contributed by atoms with van der Waals surface area (Å²) in [4.78, 5) is 10.4. The van der Waals surface area contributed by atoms with Crippen LogP contribution in [-0.4, -0.2) is 34.5 Å². The molecule has 0 saturated carbocycles. The van der Waals surface area contributed by atoms with Gasteiger partial charge < -0.3 is 15.3 Å². The molecule has 11 heavy (non-hydrogen) atoms. The number of carboxylic acids is 1. The molecule has 0 aliphatic heterocycles. The van der Waals surface area contributed by atoms with E-state index in [4.69, 9.17) is 15.3 Å². The Kier molecular flexibility index (Phi) is 5.78. The zero-order chi connectivity index (χ0) is 8.69. The average molecular weight is 162 g/mol. The fourth-order valence-electron chi connectivity index (χ4n) is 0.885. The predicted octanol–water partition coefficient (Wildman–Crippen LogP) is -0.158. The van der Waals surface area contributed by atoms with Crippen LogP contribution in [0.4, 0.5) is 0 Å². The molecule has 3 N–H and O–H groups in total. The number of carboxylic acid groups (broad SMARTS) is 1. The summed E-state index contributed by atoms with van der Waals surface area (Å²) >= 11 is 0. The first-order valence-corrected chi connectivity index (χ1v) is 3.67. The molecular formula is C7H14O4. The largest absolute Gasteiger partial charge is 0.481 e. The lowest BCUT2D eigenvalue weighted by atomic mass is 10.0.